The Kier molecular flexibility index (Phi) is 4.31. The molecule has 0 spiro atoms. The Morgan fingerprint density at radius 3 is 2.29 bits per heavy atom. The SMILES string of the molecule is Fc1cc(F)c(NC2CC(c3ccc(Br)cc3)C2)c(Br)c1. The summed E-state index contributed by atoms with van der Waals surface area (Å²) in [6.45, 7) is 0. The highest BCUT2D eigenvalue weighted by Gasteiger charge is 2.31. The molecule has 1 fully saturated rings. The molecule has 0 aliphatic heterocycles. The lowest BCUT2D eigenvalue weighted by atomic mass is 9.76. The van der Waals surface area contributed by atoms with Crippen LogP contribution in [0, 0.1) is 11.6 Å². The van der Waals surface area contributed by atoms with Gasteiger partial charge < -0.3 is 5.32 Å². The van der Waals surface area contributed by atoms with Gasteiger partial charge in [-0.2, -0.15) is 0 Å². The molecule has 1 aliphatic rings. The fourth-order valence-corrected chi connectivity index (χ4v) is 3.41. The van der Waals surface area contributed by atoms with Crippen LogP contribution in [0.2, 0.25) is 0 Å². The second kappa shape index (κ2) is 6.05. The fraction of sp³-hybridized carbons (Fsp3) is 0.250. The van der Waals surface area contributed by atoms with Gasteiger partial charge in [-0.1, -0.05) is 28.1 Å². The summed E-state index contributed by atoms with van der Waals surface area (Å²) in [5, 5.41) is 3.16. The summed E-state index contributed by atoms with van der Waals surface area (Å²) < 4.78 is 28.3. The second-order valence-electron chi connectivity index (χ2n) is 5.31. The number of halogens is 4. The van der Waals surface area contributed by atoms with E-state index in [1.54, 1.807) is 0 Å². The van der Waals surface area contributed by atoms with Gasteiger partial charge in [0.2, 0.25) is 0 Å². The normalized spacial score (nSPS) is 21.0. The minimum Gasteiger partial charge on any atom is -0.379 e. The summed E-state index contributed by atoms with van der Waals surface area (Å²) in [5.74, 6) is -0.641. The van der Waals surface area contributed by atoms with E-state index < -0.39 is 11.6 Å². The predicted molar refractivity (Wildman–Crippen MR) is 87.6 cm³/mol. The van der Waals surface area contributed by atoms with E-state index in [0.29, 0.717) is 16.1 Å². The van der Waals surface area contributed by atoms with E-state index in [4.69, 9.17) is 0 Å². The Morgan fingerprint density at radius 2 is 1.67 bits per heavy atom. The molecule has 2 aromatic rings. The Hall–Kier alpha value is -0.940. The molecule has 0 heterocycles. The number of anilines is 1. The van der Waals surface area contributed by atoms with Crippen molar-refractivity contribution in [3.8, 4) is 0 Å². The minimum absolute atomic E-state index is 0.218. The average molecular weight is 417 g/mol. The molecular weight excluding hydrogens is 404 g/mol. The first-order valence-corrected chi connectivity index (χ1v) is 8.28. The molecule has 0 bridgehead atoms. The second-order valence-corrected chi connectivity index (χ2v) is 7.08. The Morgan fingerprint density at radius 1 is 1.00 bits per heavy atom. The first-order chi connectivity index (χ1) is 10.0. The van der Waals surface area contributed by atoms with Gasteiger partial charge in [0, 0.05) is 21.1 Å². The highest BCUT2D eigenvalue weighted by atomic mass is 79.9. The number of hydrogen-bond donors (Lipinski definition) is 1. The van der Waals surface area contributed by atoms with Gasteiger partial charge in [-0.3, -0.25) is 0 Å². The zero-order chi connectivity index (χ0) is 15.0. The van der Waals surface area contributed by atoms with Gasteiger partial charge in [-0.05, 0) is 58.5 Å². The molecule has 1 saturated carbocycles. The summed E-state index contributed by atoms with van der Waals surface area (Å²) >= 11 is 6.62. The van der Waals surface area contributed by atoms with Crippen molar-refractivity contribution >= 4 is 37.5 Å². The van der Waals surface area contributed by atoms with Gasteiger partial charge in [0.15, 0.2) is 0 Å². The summed E-state index contributed by atoms with van der Waals surface area (Å²) in [4.78, 5) is 0. The maximum atomic E-state index is 13.8. The lowest BCUT2D eigenvalue weighted by molar-refractivity contribution is 0.372. The molecule has 1 aliphatic carbocycles. The molecule has 0 aromatic heterocycles. The van der Waals surface area contributed by atoms with Crippen LogP contribution in [0.15, 0.2) is 45.3 Å². The summed E-state index contributed by atoms with van der Waals surface area (Å²) in [6.07, 6.45) is 1.90. The van der Waals surface area contributed by atoms with Crippen molar-refractivity contribution < 1.29 is 8.78 Å². The highest BCUT2D eigenvalue weighted by molar-refractivity contribution is 9.10. The molecule has 110 valence electrons. The molecule has 0 unspecified atom stereocenters. The van der Waals surface area contributed by atoms with Crippen molar-refractivity contribution in [2.24, 2.45) is 0 Å². The van der Waals surface area contributed by atoms with Crippen molar-refractivity contribution in [3.63, 3.8) is 0 Å². The molecule has 1 N–H and O–H groups in total. The maximum absolute atomic E-state index is 13.8. The van der Waals surface area contributed by atoms with E-state index in [1.807, 2.05) is 12.1 Å². The van der Waals surface area contributed by atoms with Crippen molar-refractivity contribution in [1.82, 2.24) is 0 Å². The Labute approximate surface area is 139 Å². The topological polar surface area (TPSA) is 12.0 Å². The van der Waals surface area contributed by atoms with Crippen LogP contribution in [0.4, 0.5) is 14.5 Å². The monoisotopic (exact) mass is 415 g/mol. The van der Waals surface area contributed by atoms with Crippen LogP contribution in [-0.2, 0) is 0 Å². The van der Waals surface area contributed by atoms with Gasteiger partial charge in [-0.25, -0.2) is 8.78 Å². The molecule has 2 aromatic carbocycles. The van der Waals surface area contributed by atoms with Gasteiger partial charge in [-0.15, -0.1) is 0 Å². The summed E-state index contributed by atoms with van der Waals surface area (Å²) in [5.41, 5.74) is 1.64. The first kappa shape index (κ1) is 15.0. The van der Waals surface area contributed by atoms with E-state index in [2.05, 4.69) is 49.3 Å². The fourth-order valence-electron chi connectivity index (χ4n) is 2.63. The molecule has 0 saturated heterocycles. The predicted octanol–water partition coefficient (Wildman–Crippen LogP) is 5.85. The average Bonchev–Trinajstić information content (AvgIpc) is 2.37. The van der Waals surface area contributed by atoms with Crippen LogP contribution >= 0.6 is 31.9 Å². The third-order valence-corrected chi connectivity index (χ3v) is 4.99. The number of hydrogen-bond acceptors (Lipinski definition) is 1. The van der Waals surface area contributed by atoms with Crippen LogP contribution < -0.4 is 5.32 Å². The number of rotatable bonds is 3. The van der Waals surface area contributed by atoms with Crippen LogP contribution in [0.5, 0.6) is 0 Å². The van der Waals surface area contributed by atoms with Crippen molar-refractivity contribution in [3.05, 3.63) is 62.5 Å². The lowest BCUT2D eigenvalue weighted by Gasteiger charge is -2.37. The van der Waals surface area contributed by atoms with E-state index in [9.17, 15) is 8.78 Å². The van der Waals surface area contributed by atoms with Crippen LogP contribution in [0.25, 0.3) is 0 Å². The number of benzene rings is 2. The molecule has 3 rings (SSSR count). The molecule has 5 heteroatoms. The zero-order valence-corrected chi connectivity index (χ0v) is 14.2. The van der Waals surface area contributed by atoms with E-state index in [0.717, 1.165) is 23.4 Å². The van der Waals surface area contributed by atoms with Crippen LogP contribution in [-0.4, -0.2) is 6.04 Å². The van der Waals surface area contributed by atoms with Crippen LogP contribution in [0.3, 0.4) is 0 Å². The Bertz CT molecular complexity index is 629. The Balaban J connectivity index is 1.64. The molecule has 0 atom stereocenters. The molecular formula is C16H13Br2F2N. The van der Waals surface area contributed by atoms with Gasteiger partial charge in [0.1, 0.15) is 11.6 Å². The smallest absolute Gasteiger partial charge is 0.150 e. The van der Waals surface area contributed by atoms with E-state index in [1.165, 1.54) is 11.6 Å². The third-order valence-electron chi connectivity index (χ3n) is 3.83. The molecule has 0 amide bonds. The molecule has 0 radical (unpaired) electrons. The van der Waals surface area contributed by atoms with Crippen molar-refractivity contribution in [2.45, 2.75) is 24.8 Å². The van der Waals surface area contributed by atoms with Crippen molar-refractivity contribution in [1.29, 1.82) is 0 Å². The summed E-state index contributed by atoms with van der Waals surface area (Å²) in [6, 6.07) is 10.7. The standard InChI is InChI=1S/C16H13Br2F2N/c17-11-3-1-9(2-4-11)10-5-13(6-10)21-16-14(18)7-12(19)8-15(16)20/h1-4,7-8,10,13,21H,5-6H2. The number of nitrogens with one attached hydrogen (secondary N) is 1. The largest absolute Gasteiger partial charge is 0.379 e. The van der Waals surface area contributed by atoms with Gasteiger partial charge in [0.05, 0.1) is 5.69 Å². The maximum Gasteiger partial charge on any atom is 0.150 e. The van der Waals surface area contributed by atoms with E-state index in [-0.39, 0.29) is 6.04 Å². The minimum atomic E-state index is -0.578. The quantitative estimate of drug-likeness (QED) is 0.661. The summed E-state index contributed by atoms with van der Waals surface area (Å²) in [7, 11) is 0. The molecule has 1 nitrogen and oxygen atoms in total. The van der Waals surface area contributed by atoms with Gasteiger partial charge >= 0.3 is 0 Å². The zero-order valence-electron chi connectivity index (χ0n) is 11.0. The van der Waals surface area contributed by atoms with Gasteiger partial charge in [0.25, 0.3) is 0 Å². The third kappa shape index (κ3) is 3.29. The van der Waals surface area contributed by atoms with Crippen LogP contribution in [0.1, 0.15) is 24.3 Å². The van der Waals surface area contributed by atoms with Crippen molar-refractivity contribution in [2.75, 3.05) is 5.32 Å². The first-order valence-electron chi connectivity index (χ1n) is 6.69. The lowest BCUT2D eigenvalue weighted by Crippen LogP contribution is -2.34. The highest BCUT2D eigenvalue weighted by Crippen LogP contribution is 2.40. The van der Waals surface area contributed by atoms with E-state index >= 15 is 0 Å². The molecule has 21 heavy (non-hydrogen) atoms.